The molecule has 0 saturated carbocycles. The highest BCUT2D eigenvalue weighted by Gasteiger charge is 2.18. The van der Waals surface area contributed by atoms with Gasteiger partial charge in [-0.1, -0.05) is 13.8 Å². The number of hydrogen-bond donors (Lipinski definition) is 1. The molecule has 1 atom stereocenters. The second-order valence-electron chi connectivity index (χ2n) is 5.06. The quantitative estimate of drug-likeness (QED) is 0.592. The van der Waals surface area contributed by atoms with E-state index in [4.69, 9.17) is 0 Å². The minimum absolute atomic E-state index is 0.792. The number of rotatable bonds is 4. The monoisotopic (exact) mass is 240 g/mol. The summed E-state index contributed by atoms with van der Waals surface area (Å²) < 4.78 is 0. The van der Waals surface area contributed by atoms with Crippen LogP contribution in [0.3, 0.4) is 0 Å². The zero-order valence-corrected chi connectivity index (χ0v) is 11.9. The second kappa shape index (κ2) is 7.54. The maximum absolute atomic E-state index is 4.38. The number of hydrogen-bond acceptors (Lipinski definition) is 2. The van der Waals surface area contributed by atoms with Crippen LogP contribution < -0.4 is 5.32 Å². The first-order valence-electron chi connectivity index (χ1n) is 6.81. The zero-order valence-electron chi connectivity index (χ0n) is 11.9. The van der Waals surface area contributed by atoms with Crippen molar-refractivity contribution in [2.24, 2.45) is 10.9 Å². The molecule has 1 aliphatic rings. The Labute approximate surface area is 106 Å². The number of guanidine groups is 1. The first-order valence-corrected chi connectivity index (χ1v) is 6.81. The van der Waals surface area contributed by atoms with Crippen LogP contribution in [0.1, 0.15) is 26.7 Å². The molecule has 0 amide bonds. The van der Waals surface area contributed by atoms with E-state index in [1.54, 1.807) is 0 Å². The van der Waals surface area contributed by atoms with Gasteiger partial charge in [-0.15, -0.1) is 0 Å². The Balaban J connectivity index is 2.33. The van der Waals surface area contributed by atoms with Crippen molar-refractivity contribution in [3.05, 3.63) is 0 Å². The molecule has 0 bridgehead atoms. The minimum atomic E-state index is 0.792. The molecule has 0 aliphatic carbocycles. The van der Waals surface area contributed by atoms with Crippen molar-refractivity contribution < 1.29 is 0 Å². The van der Waals surface area contributed by atoms with E-state index in [2.05, 4.69) is 41.0 Å². The Morgan fingerprint density at radius 2 is 2.29 bits per heavy atom. The lowest BCUT2D eigenvalue weighted by Crippen LogP contribution is -2.47. The Morgan fingerprint density at radius 1 is 1.53 bits per heavy atom. The molecule has 1 saturated heterocycles. The third kappa shape index (κ3) is 4.94. The van der Waals surface area contributed by atoms with E-state index in [1.807, 2.05) is 7.05 Å². The molecule has 0 aromatic heterocycles. The average molecular weight is 240 g/mol. The predicted octanol–water partition coefficient (Wildman–Crippen LogP) is 1.25. The van der Waals surface area contributed by atoms with Gasteiger partial charge in [0.25, 0.3) is 0 Å². The van der Waals surface area contributed by atoms with Gasteiger partial charge in [0.1, 0.15) is 0 Å². The smallest absolute Gasteiger partial charge is 0.193 e. The molecule has 1 fully saturated rings. The maximum atomic E-state index is 4.38. The summed E-state index contributed by atoms with van der Waals surface area (Å²) in [6.45, 7) is 9.93. The van der Waals surface area contributed by atoms with Gasteiger partial charge in [-0.05, 0) is 32.4 Å². The van der Waals surface area contributed by atoms with E-state index < -0.39 is 0 Å². The number of piperidine rings is 1. The number of aliphatic imine (C=N–C) groups is 1. The topological polar surface area (TPSA) is 30.9 Å². The van der Waals surface area contributed by atoms with Crippen molar-refractivity contribution in [3.8, 4) is 0 Å². The Morgan fingerprint density at radius 3 is 2.88 bits per heavy atom. The third-order valence-corrected chi connectivity index (χ3v) is 3.48. The average Bonchev–Trinajstić information content (AvgIpc) is 2.34. The SMILES string of the molecule is CCN(C)CCNC(=NC)N1CCCC(C)C1. The number of nitrogens with zero attached hydrogens (tertiary/aromatic N) is 3. The van der Waals surface area contributed by atoms with Crippen LogP contribution in [-0.2, 0) is 0 Å². The van der Waals surface area contributed by atoms with Crippen molar-refractivity contribution in [1.29, 1.82) is 0 Å². The van der Waals surface area contributed by atoms with Crippen LogP contribution in [0, 0.1) is 5.92 Å². The fourth-order valence-corrected chi connectivity index (χ4v) is 2.23. The molecule has 0 aromatic carbocycles. The first-order chi connectivity index (χ1) is 8.17. The molecule has 4 nitrogen and oxygen atoms in total. The van der Waals surface area contributed by atoms with Crippen LogP contribution in [0.15, 0.2) is 4.99 Å². The van der Waals surface area contributed by atoms with Gasteiger partial charge in [0.05, 0.1) is 0 Å². The normalized spacial score (nSPS) is 22.1. The molecule has 17 heavy (non-hydrogen) atoms. The van der Waals surface area contributed by atoms with Gasteiger partial charge in [-0.25, -0.2) is 0 Å². The summed E-state index contributed by atoms with van der Waals surface area (Å²) in [7, 11) is 4.03. The summed E-state index contributed by atoms with van der Waals surface area (Å²) in [5, 5.41) is 3.46. The van der Waals surface area contributed by atoms with Crippen LogP contribution in [0.2, 0.25) is 0 Å². The van der Waals surface area contributed by atoms with Crippen molar-refractivity contribution in [3.63, 3.8) is 0 Å². The standard InChI is InChI=1S/C13H28N4/c1-5-16(4)10-8-15-13(14-3)17-9-6-7-12(2)11-17/h12H,5-11H2,1-4H3,(H,14,15). The van der Waals surface area contributed by atoms with Crippen LogP contribution >= 0.6 is 0 Å². The third-order valence-electron chi connectivity index (χ3n) is 3.48. The van der Waals surface area contributed by atoms with Crippen molar-refractivity contribution in [2.45, 2.75) is 26.7 Å². The van der Waals surface area contributed by atoms with E-state index in [-0.39, 0.29) is 0 Å². The summed E-state index contributed by atoms with van der Waals surface area (Å²) in [6, 6.07) is 0. The highest BCUT2D eigenvalue weighted by Crippen LogP contribution is 2.15. The molecule has 0 aromatic rings. The van der Waals surface area contributed by atoms with Crippen molar-refractivity contribution in [2.75, 3.05) is 46.8 Å². The second-order valence-corrected chi connectivity index (χ2v) is 5.06. The summed E-state index contributed by atoms with van der Waals surface area (Å²) in [6.07, 6.45) is 2.64. The van der Waals surface area contributed by atoms with Crippen molar-refractivity contribution >= 4 is 5.96 Å². The summed E-state index contributed by atoms with van der Waals surface area (Å²) in [5.41, 5.74) is 0. The van der Waals surface area contributed by atoms with Crippen LogP contribution in [-0.4, -0.2) is 62.6 Å². The highest BCUT2D eigenvalue weighted by atomic mass is 15.3. The fourth-order valence-electron chi connectivity index (χ4n) is 2.23. The van der Waals surface area contributed by atoms with E-state index in [0.717, 1.165) is 44.6 Å². The molecular weight excluding hydrogens is 212 g/mol. The molecule has 0 spiro atoms. The Hall–Kier alpha value is -0.770. The van der Waals surface area contributed by atoms with Gasteiger partial charge in [0.15, 0.2) is 5.96 Å². The van der Waals surface area contributed by atoms with Gasteiger partial charge in [0, 0.05) is 33.2 Å². The van der Waals surface area contributed by atoms with E-state index in [0.29, 0.717) is 0 Å². The number of likely N-dealkylation sites (N-methyl/N-ethyl adjacent to an activating group) is 1. The van der Waals surface area contributed by atoms with E-state index >= 15 is 0 Å². The van der Waals surface area contributed by atoms with Crippen LogP contribution in [0.25, 0.3) is 0 Å². The van der Waals surface area contributed by atoms with Gasteiger partial charge in [0.2, 0.25) is 0 Å². The molecule has 1 heterocycles. The zero-order chi connectivity index (χ0) is 12.7. The van der Waals surface area contributed by atoms with Gasteiger partial charge in [-0.2, -0.15) is 0 Å². The summed E-state index contributed by atoms with van der Waals surface area (Å²) in [5.74, 6) is 1.86. The summed E-state index contributed by atoms with van der Waals surface area (Å²) >= 11 is 0. The molecule has 4 heteroatoms. The number of nitrogens with one attached hydrogen (secondary N) is 1. The first kappa shape index (κ1) is 14.3. The Kier molecular flexibility index (Phi) is 6.34. The largest absolute Gasteiger partial charge is 0.355 e. The summed E-state index contributed by atoms with van der Waals surface area (Å²) in [4.78, 5) is 9.08. The fraction of sp³-hybridized carbons (Fsp3) is 0.923. The molecule has 1 unspecified atom stereocenters. The lowest BCUT2D eigenvalue weighted by molar-refractivity contribution is 0.264. The Bertz CT molecular complexity index is 240. The molecule has 1 N–H and O–H groups in total. The van der Waals surface area contributed by atoms with E-state index in [1.165, 1.54) is 12.8 Å². The molecule has 100 valence electrons. The minimum Gasteiger partial charge on any atom is -0.355 e. The molecule has 1 aliphatic heterocycles. The molecular formula is C13H28N4. The maximum Gasteiger partial charge on any atom is 0.193 e. The van der Waals surface area contributed by atoms with E-state index in [9.17, 15) is 0 Å². The number of likely N-dealkylation sites (tertiary alicyclic amines) is 1. The predicted molar refractivity (Wildman–Crippen MR) is 74.5 cm³/mol. The van der Waals surface area contributed by atoms with Crippen LogP contribution in [0.4, 0.5) is 0 Å². The van der Waals surface area contributed by atoms with Gasteiger partial charge < -0.3 is 15.1 Å². The van der Waals surface area contributed by atoms with Gasteiger partial charge >= 0.3 is 0 Å². The lowest BCUT2D eigenvalue weighted by Gasteiger charge is -2.33. The van der Waals surface area contributed by atoms with Crippen LogP contribution in [0.5, 0.6) is 0 Å². The molecule has 1 rings (SSSR count). The lowest BCUT2D eigenvalue weighted by atomic mass is 10.0. The highest BCUT2D eigenvalue weighted by molar-refractivity contribution is 5.79. The van der Waals surface area contributed by atoms with Crippen molar-refractivity contribution in [1.82, 2.24) is 15.1 Å². The molecule has 0 radical (unpaired) electrons. The van der Waals surface area contributed by atoms with Gasteiger partial charge in [-0.3, -0.25) is 4.99 Å².